The zero-order valence-electron chi connectivity index (χ0n) is 19.0. The Kier molecular flexibility index (Phi) is 5.86. The zero-order valence-corrected chi connectivity index (χ0v) is 19.8. The van der Waals surface area contributed by atoms with Crippen LogP contribution in [0.25, 0.3) is 11.6 Å². The predicted molar refractivity (Wildman–Crippen MR) is 125 cm³/mol. The van der Waals surface area contributed by atoms with Gasteiger partial charge in [0.1, 0.15) is 5.82 Å². The second kappa shape index (κ2) is 8.84. The third kappa shape index (κ3) is 4.42. The molecule has 178 valence electrons. The van der Waals surface area contributed by atoms with E-state index in [1.807, 2.05) is 22.8 Å². The van der Waals surface area contributed by atoms with E-state index in [-0.39, 0.29) is 6.04 Å². The van der Waals surface area contributed by atoms with Crippen LogP contribution in [0, 0.1) is 5.95 Å². The van der Waals surface area contributed by atoms with Gasteiger partial charge in [-0.2, -0.15) is 8.70 Å². The van der Waals surface area contributed by atoms with E-state index in [1.165, 1.54) is 16.6 Å². The van der Waals surface area contributed by atoms with Crippen molar-refractivity contribution in [1.29, 1.82) is 0 Å². The van der Waals surface area contributed by atoms with Gasteiger partial charge in [0.2, 0.25) is 16.0 Å². The molecule has 0 unspecified atom stereocenters. The molecule has 0 N–H and O–H groups in total. The Balaban J connectivity index is 1.38. The summed E-state index contributed by atoms with van der Waals surface area (Å²) in [6, 6.07) is 4.91. The summed E-state index contributed by atoms with van der Waals surface area (Å²) < 4.78 is 39.6. The highest BCUT2D eigenvalue weighted by atomic mass is 32.2. The highest BCUT2D eigenvalue weighted by molar-refractivity contribution is 7.88. The Morgan fingerprint density at radius 1 is 0.971 bits per heavy atom. The van der Waals surface area contributed by atoms with Gasteiger partial charge in [-0.1, -0.05) is 0 Å². The fraction of sp³-hybridized carbons (Fsp3) is 0.409. The molecule has 3 aromatic rings. The summed E-state index contributed by atoms with van der Waals surface area (Å²) in [5.74, 6) is 0.935. The van der Waals surface area contributed by atoms with E-state index in [2.05, 4.69) is 24.9 Å². The van der Waals surface area contributed by atoms with Gasteiger partial charge in [0.15, 0.2) is 11.6 Å². The second-order valence-corrected chi connectivity index (χ2v) is 10.4. The number of anilines is 2. The molecule has 12 heteroatoms. The smallest absolute Gasteiger partial charge is 0.216 e. The molecule has 0 amide bonds. The molecule has 5 rings (SSSR count). The zero-order chi connectivity index (χ0) is 23.9. The van der Waals surface area contributed by atoms with E-state index < -0.39 is 16.0 Å². The summed E-state index contributed by atoms with van der Waals surface area (Å²) in [5.41, 5.74) is 2.58. The maximum Gasteiger partial charge on any atom is 0.216 e. The molecule has 2 aliphatic heterocycles. The molecule has 0 bridgehead atoms. The molecule has 0 aliphatic carbocycles. The molecule has 0 radical (unpaired) electrons. The van der Waals surface area contributed by atoms with E-state index in [9.17, 15) is 12.8 Å². The highest BCUT2D eigenvalue weighted by Gasteiger charge is 2.29. The van der Waals surface area contributed by atoms with Gasteiger partial charge in [-0.05, 0) is 13.0 Å². The predicted octanol–water partition coefficient (Wildman–Crippen LogP) is 1.67. The van der Waals surface area contributed by atoms with E-state index in [1.54, 1.807) is 24.7 Å². The number of pyridine rings is 1. The first-order valence-electron chi connectivity index (χ1n) is 11.1. The first kappa shape index (κ1) is 22.5. The van der Waals surface area contributed by atoms with Crippen LogP contribution in [0.1, 0.15) is 24.2 Å². The molecule has 1 saturated heterocycles. The van der Waals surface area contributed by atoms with Crippen LogP contribution in [0.4, 0.5) is 15.9 Å². The molecule has 1 fully saturated rings. The monoisotopic (exact) mass is 484 g/mol. The molecule has 34 heavy (non-hydrogen) atoms. The normalized spacial score (nSPS) is 19.2. The number of halogens is 1. The topological polar surface area (TPSA) is 108 Å². The van der Waals surface area contributed by atoms with Crippen molar-refractivity contribution in [3.8, 4) is 11.6 Å². The molecule has 2 aliphatic rings. The number of fused-ring (bicyclic) bond motifs is 1. The van der Waals surface area contributed by atoms with Crippen molar-refractivity contribution in [3.63, 3.8) is 0 Å². The number of hydrogen-bond donors (Lipinski definition) is 0. The lowest BCUT2D eigenvalue weighted by atomic mass is 9.99. The van der Waals surface area contributed by atoms with Crippen LogP contribution in [0.5, 0.6) is 0 Å². The first-order valence-corrected chi connectivity index (χ1v) is 12.9. The van der Waals surface area contributed by atoms with Gasteiger partial charge < -0.3 is 9.80 Å². The minimum atomic E-state index is -3.23. The lowest BCUT2D eigenvalue weighted by Gasteiger charge is -2.37. The third-order valence-electron chi connectivity index (χ3n) is 6.31. The van der Waals surface area contributed by atoms with E-state index >= 15 is 0 Å². The van der Waals surface area contributed by atoms with Gasteiger partial charge >= 0.3 is 0 Å². The summed E-state index contributed by atoms with van der Waals surface area (Å²) in [6.45, 7) is 4.38. The number of piperazine rings is 1. The molecule has 0 aromatic carbocycles. The standard InChI is InChI=1S/C22H25FN8O2S/c1-15-17-14-26-22(21-24-5-3-6-25-21)27-18(17)4-7-31(15)20-13-16(12-19(23)28-20)29-8-10-30(11-9-29)34(2,32)33/h3,5-6,12-15H,4,7-11H2,1-2H3/t15-/m0/s1. The lowest BCUT2D eigenvalue weighted by Crippen LogP contribution is -2.48. The van der Waals surface area contributed by atoms with Gasteiger partial charge in [-0.25, -0.2) is 33.3 Å². The summed E-state index contributed by atoms with van der Waals surface area (Å²) in [4.78, 5) is 25.8. The van der Waals surface area contributed by atoms with Crippen LogP contribution >= 0.6 is 0 Å². The summed E-state index contributed by atoms with van der Waals surface area (Å²) in [7, 11) is -3.23. The molecule has 5 heterocycles. The van der Waals surface area contributed by atoms with Crippen LogP contribution in [0.3, 0.4) is 0 Å². The minimum Gasteiger partial charge on any atom is -0.369 e. The average Bonchev–Trinajstić information content (AvgIpc) is 2.84. The summed E-state index contributed by atoms with van der Waals surface area (Å²) in [6.07, 6.45) is 6.97. The highest BCUT2D eigenvalue weighted by Crippen LogP contribution is 2.34. The fourth-order valence-corrected chi connectivity index (χ4v) is 5.30. The molecule has 10 nitrogen and oxygen atoms in total. The number of sulfonamides is 1. The van der Waals surface area contributed by atoms with Crippen molar-refractivity contribution in [1.82, 2.24) is 29.2 Å². The molecule has 1 atom stereocenters. The largest absolute Gasteiger partial charge is 0.369 e. The third-order valence-corrected chi connectivity index (χ3v) is 7.61. The van der Waals surface area contributed by atoms with Crippen molar-refractivity contribution in [3.05, 3.63) is 54.0 Å². The van der Waals surface area contributed by atoms with E-state index in [0.717, 1.165) is 11.3 Å². The van der Waals surface area contributed by atoms with E-state index in [4.69, 9.17) is 0 Å². The Hall–Kier alpha value is -3.25. The minimum absolute atomic E-state index is 0.0984. The SMILES string of the molecule is C[C@H]1c2cnc(-c3ncccn3)nc2CCN1c1cc(N2CCN(S(C)(=O)=O)CC2)cc(F)n1. The van der Waals surface area contributed by atoms with Crippen LogP contribution in [-0.2, 0) is 16.4 Å². The Bertz CT molecular complexity index is 1300. The van der Waals surface area contributed by atoms with Crippen LogP contribution in [0.15, 0.2) is 36.8 Å². The quantitative estimate of drug-likeness (QED) is 0.511. The number of nitrogens with zero attached hydrogens (tertiary/aromatic N) is 8. The van der Waals surface area contributed by atoms with Gasteiger partial charge in [0.25, 0.3) is 0 Å². The summed E-state index contributed by atoms with van der Waals surface area (Å²) in [5, 5.41) is 0. The van der Waals surface area contributed by atoms with Crippen molar-refractivity contribution in [2.45, 2.75) is 19.4 Å². The van der Waals surface area contributed by atoms with Crippen LogP contribution < -0.4 is 9.80 Å². The summed E-state index contributed by atoms with van der Waals surface area (Å²) >= 11 is 0. The van der Waals surface area contributed by atoms with E-state index in [0.29, 0.717) is 62.3 Å². The number of rotatable bonds is 4. The lowest BCUT2D eigenvalue weighted by molar-refractivity contribution is 0.387. The van der Waals surface area contributed by atoms with Gasteiger partial charge in [-0.15, -0.1) is 0 Å². The van der Waals surface area contributed by atoms with Gasteiger partial charge in [-0.3, -0.25) is 0 Å². The van der Waals surface area contributed by atoms with Crippen molar-refractivity contribution >= 4 is 21.5 Å². The molecular weight excluding hydrogens is 459 g/mol. The molecule has 0 saturated carbocycles. The maximum absolute atomic E-state index is 14.6. The Labute approximate surface area is 197 Å². The van der Waals surface area contributed by atoms with Crippen LogP contribution in [0.2, 0.25) is 0 Å². The van der Waals surface area contributed by atoms with Crippen molar-refractivity contribution in [2.24, 2.45) is 0 Å². The maximum atomic E-state index is 14.6. The molecule has 0 spiro atoms. The molecule has 3 aromatic heterocycles. The van der Waals surface area contributed by atoms with Gasteiger partial charge in [0.05, 0.1) is 18.0 Å². The number of aromatic nitrogens is 5. The first-order chi connectivity index (χ1) is 16.3. The van der Waals surface area contributed by atoms with Crippen LogP contribution in [-0.4, -0.2) is 76.6 Å². The van der Waals surface area contributed by atoms with Crippen molar-refractivity contribution in [2.75, 3.05) is 48.8 Å². The van der Waals surface area contributed by atoms with Crippen molar-refractivity contribution < 1.29 is 12.8 Å². The Morgan fingerprint density at radius 3 is 2.41 bits per heavy atom. The fourth-order valence-electron chi connectivity index (χ4n) is 4.48. The number of hydrogen-bond acceptors (Lipinski definition) is 9. The van der Waals surface area contributed by atoms with Gasteiger partial charge in [0, 0.05) is 81.1 Å². The second-order valence-electron chi connectivity index (χ2n) is 8.44. The Morgan fingerprint density at radius 2 is 1.71 bits per heavy atom. The average molecular weight is 485 g/mol. The molecular formula is C22H25FN8O2S.